The Balaban J connectivity index is 1.58. The number of hydrogen-bond donors (Lipinski definition) is 2. The zero-order valence-corrected chi connectivity index (χ0v) is 15.3. The highest BCUT2D eigenvalue weighted by Gasteiger charge is 2.29. The van der Waals surface area contributed by atoms with Crippen molar-refractivity contribution in [3.63, 3.8) is 0 Å². The minimum Gasteiger partial charge on any atom is -0.507 e. The molecule has 7 heteroatoms. The van der Waals surface area contributed by atoms with Crippen molar-refractivity contribution in [1.82, 2.24) is 5.32 Å². The van der Waals surface area contributed by atoms with Crippen molar-refractivity contribution in [2.45, 2.75) is 16.7 Å². The molecule has 0 spiro atoms. The number of thioether (sulfide) groups is 1. The van der Waals surface area contributed by atoms with E-state index in [1.807, 2.05) is 19.2 Å². The average molecular weight is 383 g/mol. The summed E-state index contributed by atoms with van der Waals surface area (Å²) >= 11 is 13.4. The Kier molecular flexibility index (Phi) is 5.13. The summed E-state index contributed by atoms with van der Waals surface area (Å²) in [6.07, 6.45) is 0.745. The number of nitrogens with one attached hydrogen (secondary N) is 1. The number of rotatable bonds is 4. The highest BCUT2D eigenvalue weighted by atomic mass is 35.5. The van der Waals surface area contributed by atoms with E-state index in [4.69, 9.17) is 23.2 Å². The highest BCUT2D eigenvalue weighted by molar-refractivity contribution is 8.00. The van der Waals surface area contributed by atoms with Crippen molar-refractivity contribution in [3.8, 4) is 5.75 Å². The van der Waals surface area contributed by atoms with Gasteiger partial charge in [0.15, 0.2) is 0 Å². The van der Waals surface area contributed by atoms with Gasteiger partial charge in [-0.15, -0.1) is 0 Å². The second kappa shape index (κ2) is 7.13. The lowest BCUT2D eigenvalue weighted by molar-refractivity contribution is 0.0953. The number of benzene rings is 2. The van der Waals surface area contributed by atoms with Crippen LogP contribution in [0.5, 0.6) is 5.75 Å². The number of halogens is 2. The van der Waals surface area contributed by atoms with Crippen LogP contribution in [0.4, 0.5) is 5.69 Å². The molecule has 24 heavy (non-hydrogen) atoms. The van der Waals surface area contributed by atoms with Gasteiger partial charge in [-0.1, -0.05) is 41.0 Å². The van der Waals surface area contributed by atoms with Gasteiger partial charge in [-0.2, -0.15) is 0 Å². The van der Waals surface area contributed by atoms with Gasteiger partial charge in [-0.25, -0.2) is 0 Å². The Bertz CT molecular complexity index is 765. The van der Waals surface area contributed by atoms with Crippen LogP contribution in [0.1, 0.15) is 16.8 Å². The molecule has 1 unspecified atom stereocenters. The van der Waals surface area contributed by atoms with Crippen LogP contribution in [0.2, 0.25) is 10.0 Å². The highest BCUT2D eigenvalue weighted by Crippen LogP contribution is 2.47. The molecule has 1 amide bonds. The van der Waals surface area contributed by atoms with Gasteiger partial charge in [0.05, 0.1) is 16.0 Å². The molecule has 0 radical (unpaired) electrons. The van der Waals surface area contributed by atoms with E-state index in [0.717, 1.165) is 17.0 Å². The van der Waals surface area contributed by atoms with Gasteiger partial charge in [-0.3, -0.25) is 4.79 Å². The van der Waals surface area contributed by atoms with Crippen molar-refractivity contribution in [3.05, 3.63) is 52.0 Å². The summed E-state index contributed by atoms with van der Waals surface area (Å²) in [7, 11) is 1.99. The number of anilines is 1. The molecule has 126 valence electrons. The van der Waals surface area contributed by atoms with Crippen LogP contribution in [0.15, 0.2) is 41.3 Å². The topological polar surface area (TPSA) is 52.6 Å². The van der Waals surface area contributed by atoms with E-state index in [-0.39, 0.29) is 11.3 Å². The average Bonchev–Trinajstić information content (AvgIpc) is 2.85. The molecule has 3 rings (SSSR count). The Labute approximate surface area is 154 Å². The van der Waals surface area contributed by atoms with E-state index in [1.54, 1.807) is 36.0 Å². The van der Waals surface area contributed by atoms with Crippen molar-refractivity contribution in [2.24, 2.45) is 0 Å². The predicted octanol–water partition coefficient (Wildman–Crippen LogP) is 4.39. The molecule has 0 saturated carbocycles. The molecule has 1 aliphatic heterocycles. The van der Waals surface area contributed by atoms with Gasteiger partial charge in [0.2, 0.25) is 0 Å². The molecule has 0 saturated heterocycles. The van der Waals surface area contributed by atoms with Crippen LogP contribution in [0.3, 0.4) is 0 Å². The maximum atomic E-state index is 12.2. The maximum Gasteiger partial charge on any atom is 0.251 e. The van der Waals surface area contributed by atoms with Crippen molar-refractivity contribution in [1.29, 1.82) is 0 Å². The van der Waals surface area contributed by atoms with E-state index >= 15 is 0 Å². The minimum atomic E-state index is -0.203. The van der Waals surface area contributed by atoms with E-state index < -0.39 is 0 Å². The number of carbonyl (C=O) groups excluding carboxylic acids is 1. The molecule has 4 nitrogen and oxygen atoms in total. The normalized spacial score (nSPS) is 16.1. The molecular weight excluding hydrogens is 367 g/mol. The van der Waals surface area contributed by atoms with E-state index in [1.165, 1.54) is 0 Å². The number of nitrogens with zero attached hydrogens (tertiary/aromatic N) is 1. The van der Waals surface area contributed by atoms with Crippen LogP contribution >= 0.6 is 35.0 Å². The molecular formula is C17H16Cl2N2O2S. The van der Waals surface area contributed by atoms with Crippen molar-refractivity contribution >= 4 is 46.6 Å². The number of amides is 1. The fraction of sp³-hybridized carbons (Fsp3) is 0.235. The first-order valence-corrected chi connectivity index (χ1v) is 9.05. The van der Waals surface area contributed by atoms with E-state index in [2.05, 4.69) is 10.2 Å². The molecule has 2 aromatic rings. The predicted molar refractivity (Wildman–Crippen MR) is 99.6 cm³/mol. The van der Waals surface area contributed by atoms with Crippen LogP contribution < -0.4 is 10.2 Å². The lowest BCUT2D eigenvalue weighted by Crippen LogP contribution is -2.31. The quantitative estimate of drug-likeness (QED) is 0.823. The zero-order valence-electron chi connectivity index (χ0n) is 12.9. The van der Waals surface area contributed by atoms with Gasteiger partial charge in [0.1, 0.15) is 5.75 Å². The Morgan fingerprint density at radius 1 is 1.29 bits per heavy atom. The molecule has 1 atom stereocenters. The molecule has 2 aromatic carbocycles. The first kappa shape index (κ1) is 17.3. The van der Waals surface area contributed by atoms with Gasteiger partial charge >= 0.3 is 0 Å². The van der Waals surface area contributed by atoms with Crippen molar-refractivity contribution in [2.75, 3.05) is 18.5 Å². The summed E-state index contributed by atoms with van der Waals surface area (Å²) < 4.78 is 0. The molecule has 0 aliphatic carbocycles. The van der Waals surface area contributed by atoms with Gasteiger partial charge < -0.3 is 15.3 Å². The molecule has 0 bridgehead atoms. The van der Waals surface area contributed by atoms with Gasteiger partial charge in [0, 0.05) is 29.2 Å². The third kappa shape index (κ3) is 3.58. The third-order valence-corrected chi connectivity index (χ3v) is 5.76. The lowest BCUT2D eigenvalue weighted by atomic mass is 10.2. The number of fused-ring (bicyclic) bond motifs is 1. The molecule has 1 heterocycles. The number of carbonyl (C=O) groups is 1. The SMILES string of the molecule is CN1c2cccc(O)c2SC1CCNC(=O)c1cc(Cl)cc(Cl)c1. The summed E-state index contributed by atoms with van der Waals surface area (Å²) in [5, 5.41) is 13.9. The van der Waals surface area contributed by atoms with E-state index in [9.17, 15) is 9.90 Å². The maximum absolute atomic E-state index is 12.2. The minimum absolute atomic E-state index is 0.163. The fourth-order valence-corrected chi connectivity index (χ4v) is 4.46. The third-order valence-electron chi connectivity index (χ3n) is 3.84. The second-order valence-corrected chi connectivity index (χ2v) is 7.57. The standard InChI is InChI=1S/C17H16Cl2N2O2S/c1-21-13-3-2-4-14(22)16(13)24-15(21)5-6-20-17(23)10-7-11(18)9-12(19)8-10/h2-4,7-9,15,22H,5-6H2,1H3,(H,20,23). The Hall–Kier alpha value is -1.56. The Morgan fingerprint density at radius 2 is 2.00 bits per heavy atom. The number of phenols is 1. The first-order chi connectivity index (χ1) is 11.5. The fourth-order valence-electron chi connectivity index (χ4n) is 2.63. The number of hydrogen-bond acceptors (Lipinski definition) is 4. The monoisotopic (exact) mass is 382 g/mol. The van der Waals surface area contributed by atoms with Crippen LogP contribution in [0, 0.1) is 0 Å². The number of aromatic hydroxyl groups is 1. The summed E-state index contributed by atoms with van der Waals surface area (Å²) in [5.74, 6) is 0.0925. The summed E-state index contributed by atoms with van der Waals surface area (Å²) in [5.41, 5.74) is 1.46. The molecule has 0 aromatic heterocycles. The van der Waals surface area contributed by atoms with E-state index in [0.29, 0.717) is 27.9 Å². The number of phenolic OH excluding ortho intramolecular Hbond substituents is 1. The van der Waals surface area contributed by atoms with Gasteiger partial charge in [0.25, 0.3) is 5.91 Å². The molecule has 2 N–H and O–H groups in total. The zero-order chi connectivity index (χ0) is 17.3. The van der Waals surface area contributed by atoms with Crippen LogP contribution in [-0.4, -0.2) is 30.0 Å². The smallest absolute Gasteiger partial charge is 0.251 e. The summed E-state index contributed by atoms with van der Waals surface area (Å²) in [6.45, 7) is 0.514. The lowest BCUT2D eigenvalue weighted by Gasteiger charge is -2.21. The van der Waals surface area contributed by atoms with Crippen LogP contribution in [-0.2, 0) is 0 Å². The molecule has 0 fully saturated rings. The second-order valence-electron chi connectivity index (χ2n) is 5.51. The van der Waals surface area contributed by atoms with Gasteiger partial charge in [-0.05, 0) is 36.8 Å². The largest absolute Gasteiger partial charge is 0.507 e. The van der Waals surface area contributed by atoms with Crippen molar-refractivity contribution < 1.29 is 9.90 Å². The summed E-state index contributed by atoms with van der Waals surface area (Å²) in [6, 6.07) is 10.3. The first-order valence-electron chi connectivity index (χ1n) is 7.41. The Morgan fingerprint density at radius 3 is 2.67 bits per heavy atom. The van der Waals surface area contributed by atoms with Crippen LogP contribution in [0.25, 0.3) is 0 Å². The molecule has 1 aliphatic rings. The summed E-state index contributed by atoms with van der Waals surface area (Å²) in [4.78, 5) is 15.2.